The van der Waals surface area contributed by atoms with E-state index in [0.29, 0.717) is 23.8 Å². The van der Waals surface area contributed by atoms with Gasteiger partial charge in [0.05, 0.1) is 4.92 Å². The minimum atomic E-state index is -0.418. The molecule has 0 saturated carbocycles. The number of para-hydroxylation sites is 1. The van der Waals surface area contributed by atoms with Crippen molar-refractivity contribution in [1.29, 1.82) is 0 Å². The number of hydrogen-bond acceptors (Lipinski definition) is 4. The molecule has 1 aromatic carbocycles. The highest BCUT2D eigenvalue weighted by molar-refractivity contribution is 5.76. The molecule has 1 aliphatic rings. The van der Waals surface area contributed by atoms with E-state index in [9.17, 15) is 14.9 Å². The smallest absolute Gasteiger partial charge is 0.274 e. The molecule has 1 aliphatic heterocycles. The normalized spacial score (nSPS) is 17.0. The Morgan fingerprint density at radius 3 is 2.77 bits per heavy atom. The van der Waals surface area contributed by atoms with Crippen LogP contribution in [-0.4, -0.2) is 23.9 Å². The van der Waals surface area contributed by atoms with E-state index in [4.69, 9.17) is 0 Å². The van der Waals surface area contributed by atoms with Crippen molar-refractivity contribution < 1.29 is 9.72 Å². The maximum absolute atomic E-state index is 12.1. The molecule has 120 valence electrons. The zero-order valence-corrected chi connectivity index (χ0v) is 12.9. The first-order chi connectivity index (χ1) is 10.6. The van der Waals surface area contributed by atoms with Crippen LogP contribution in [0.15, 0.2) is 24.3 Å². The van der Waals surface area contributed by atoms with Crippen molar-refractivity contribution in [1.82, 2.24) is 10.6 Å². The molecule has 1 atom stereocenters. The van der Waals surface area contributed by atoms with Crippen LogP contribution in [0.3, 0.4) is 0 Å². The highest BCUT2D eigenvalue weighted by Gasteiger charge is 2.22. The SMILES string of the molecule is CC(CC(=O)NCc1ccccc1[N+](=O)[O-])C1CCNCC1. The van der Waals surface area contributed by atoms with Crippen molar-refractivity contribution >= 4 is 11.6 Å². The summed E-state index contributed by atoms with van der Waals surface area (Å²) in [6.45, 7) is 4.36. The second kappa shape index (κ2) is 7.89. The zero-order valence-electron chi connectivity index (χ0n) is 12.9. The number of carbonyl (C=O) groups excluding carboxylic acids is 1. The number of piperidine rings is 1. The summed E-state index contributed by atoms with van der Waals surface area (Å²) in [7, 11) is 0. The Morgan fingerprint density at radius 2 is 2.09 bits per heavy atom. The van der Waals surface area contributed by atoms with Gasteiger partial charge < -0.3 is 10.6 Å². The monoisotopic (exact) mass is 305 g/mol. The second-order valence-corrected chi connectivity index (χ2v) is 5.93. The first kappa shape index (κ1) is 16.4. The van der Waals surface area contributed by atoms with E-state index in [1.54, 1.807) is 18.2 Å². The largest absolute Gasteiger partial charge is 0.352 e. The Morgan fingerprint density at radius 1 is 1.41 bits per heavy atom. The van der Waals surface area contributed by atoms with Crippen LogP contribution >= 0.6 is 0 Å². The fraction of sp³-hybridized carbons (Fsp3) is 0.562. The average molecular weight is 305 g/mol. The first-order valence-corrected chi connectivity index (χ1v) is 7.77. The molecule has 2 rings (SSSR count). The summed E-state index contributed by atoms with van der Waals surface area (Å²) >= 11 is 0. The number of benzene rings is 1. The predicted molar refractivity (Wildman–Crippen MR) is 84.3 cm³/mol. The minimum Gasteiger partial charge on any atom is -0.352 e. The van der Waals surface area contributed by atoms with Gasteiger partial charge in [-0.2, -0.15) is 0 Å². The van der Waals surface area contributed by atoms with Crippen LogP contribution in [0.25, 0.3) is 0 Å². The Kier molecular flexibility index (Phi) is 5.89. The molecule has 1 unspecified atom stereocenters. The van der Waals surface area contributed by atoms with Crippen molar-refractivity contribution in [2.45, 2.75) is 32.7 Å². The quantitative estimate of drug-likeness (QED) is 0.623. The number of nitro groups is 1. The summed E-state index contributed by atoms with van der Waals surface area (Å²) < 4.78 is 0. The Hall–Kier alpha value is -1.95. The van der Waals surface area contributed by atoms with Gasteiger partial charge in [0.15, 0.2) is 0 Å². The van der Waals surface area contributed by atoms with Crippen LogP contribution in [0.1, 0.15) is 31.7 Å². The summed E-state index contributed by atoms with van der Waals surface area (Å²) in [6.07, 6.45) is 2.70. The van der Waals surface area contributed by atoms with Crippen LogP contribution < -0.4 is 10.6 Å². The van der Waals surface area contributed by atoms with E-state index in [1.807, 2.05) is 0 Å². The lowest BCUT2D eigenvalue weighted by molar-refractivity contribution is -0.385. The van der Waals surface area contributed by atoms with Crippen molar-refractivity contribution in [3.8, 4) is 0 Å². The van der Waals surface area contributed by atoms with Gasteiger partial charge in [0, 0.05) is 24.6 Å². The molecule has 1 saturated heterocycles. The highest BCUT2D eigenvalue weighted by atomic mass is 16.6. The number of nitro benzene ring substituents is 1. The van der Waals surface area contributed by atoms with E-state index in [0.717, 1.165) is 25.9 Å². The Bertz CT molecular complexity index is 527. The van der Waals surface area contributed by atoms with Crippen LogP contribution in [0.4, 0.5) is 5.69 Å². The number of amides is 1. The predicted octanol–water partition coefficient (Wildman–Crippen LogP) is 2.24. The molecule has 0 aliphatic carbocycles. The van der Waals surface area contributed by atoms with E-state index >= 15 is 0 Å². The van der Waals surface area contributed by atoms with Gasteiger partial charge in [-0.25, -0.2) is 0 Å². The molecule has 0 bridgehead atoms. The van der Waals surface area contributed by atoms with Gasteiger partial charge >= 0.3 is 0 Å². The van der Waals surface area contributed by atoms with E-state index < -0.39 is 4.92 Å². The van der Waals surface area contributed by atoms with Crippen LogP contribution in [0, 0.1) is 22.0 Å². The molecule has 22 heavy (non-hydrogen) atoms. The van der Waals surface area contributed by atoms with Crippen LogP contribution in [0.5, 0.6) is 0 Å². The first-order valence-electron chi connectivity index (χ1n) is 7.77. The average Bonchev–Trinajstić information content (AvgIpc) is 2.54. The molecule has 1 fully saturated rings. The summed E-state index contributed by atoms with van der Waals surface area (Å²) in [6, 6.07) is 6.50. The molecule has 0 radical (unpaired) electrons. The highest BCUT2D eigenvalue weighted by Crippen LogP contribution is 2.24. The van der Waals surface area contributed by atoms with Gasteiger partial charge in [-0.05, 0) is 37.8 Å². The number of hydrogen-bond donors (Lipinski definition) is 2. The van der Waals surface area contributed by atoms with Crippen molar-refractivity contribution in [3.05, 3.63) is 39.9 Å². The fourth-order valence-corrected chi connectivity index (χ4v) is 2.98. The molecular formula is C16H23N3O3. The lowest BCUT2D eigenvalue weighted by Gasteiger charge is -2.27. The van der Waals surface area contributed by atoms with Gasteiger partial charge in [0.2, 0.25) is 5.91 Å². The Labute approximate surface area is 130 Å². The van der Waals surface area contributed by atoms with Gasteiger partial charge in [-0.15, -0.1) is 0 Å². The summed E-state index contributed by atoms with van der Waals surface area (Å²) in [5, 5.41) is 17.1. The van der Waals surface area contributed by atoms with Gasteiger partial charge in [0.25, 0.3) is 5.69 Å². The van der Waals surface area contributed by atoms with E-state index in [-0.39, 0.29) is 18.1 Å². The molecule has 1 heterocycles. The van der Waals surface area contributed by atoms with Crippen LogP contribution in [-0.2, 0) is 11.3 Å². The summed E-state index contributed by atoms with van der Waals surface area (Å²) in [5.41, 5.74) is 0.588. The van der Waals surface area contributed by atoms with Gasteiger partial charge in [-0.1, -0.05) is 25.1 Å². The number of nitrogens with zero attached hydrogens (tertiary/aromatic N) is 1. The Balaban J connectivity index is 1.84. The molecular weight excluding hydrogens is 282 g/mol. The van der Waals surface area contributed by atoms with Crippen LogP contribution in [0.2, 0.25) is 0 Å². The minimum absolute atomic E-state index is 0.0378. The number of carbonyl (C=O) groups is 1. The van der Waals surface area contributed by atoms with E-state index in [2.05, 4.69) is 17.6 Å². The molecule has 0 spiro atoms. The summed E-state index contributed by atoms with van der Waals surface area (Å²) in [5.74, 6) is 0.884. The molecule has 1 amide bonds. The topological polar surface area (TPSA) is 84.3 Å². The maximum atomic E-state index is 12.1. The van der Waals surface area contributed by atoms with Gasteiger partial charge in [-0.3, -0.25) is 14.9 Å². The second-order valence-electron chi connectivity index (χ2n) is 5.93. The zero-order chi connectivity index (χ0) is 15.9. The number of rotatable bonds is 6. The third-order valence-corrected chi connectivity index (χ3v) is 4.36. The maximum Gasteiger partial charge on any atom is 0.274 e. The third kappa shape index (κ3) is 4.53. The molecule has 2 N–H and O–H groups in total. The van der Waals surface area contributed by atoms with E-state index in [1.165, 1.54) is 6.07 Å². The molecule has 1 aromatic rings. The third-order valence-electron chi connectivity index (χ3n) is 4.36. The van der Waals surface area contributed by atoms with Crippen molar-refractivity contribution in [2.75, 3.05) is 13.1 Å². The lowest BCUT2D eigenvalue weighted by Crippen LogP contribution is -2.33. The molecule has 6 heteroatoms. The van der Waals surface area contributed by atoms with Crippen molar-refractivity contribution in [2.24, 2.45) is 11.8 Å². The van der Waals surface area contributed by atoms with Crippen molar-refractivity contribution in [3.63, 3.8) is 0 Å². The van der Waals surface area contributed by atoms with Gasteiger partial charge in [0.1, 0.15) is 0 Å². The fourth-order valence-electron chi connectivity index (χ4n) is 2.98. The molecule has 0 aromatic heterocycles. The lowest BCUT2D eigenvalue weighted by atomic mass is 9.84. The number of nitrogens with one attached hydrogen (secondary N) is 2. The standard InChI is InChI=1S/C16H23N3O3/c1-12(13-6-8-17-9-7-13)10-16(20)18-11-14-4-2-3-5-15(14)19(21)22/h2-5,12-13,17H,6-11H2,1H3,(H,18,20). The summed E-state index contributed by atoms with van der Waals surface area (Å²) in [4.78, 5) is 22.6. The molecule has 6 nitrogen and oxygen atoms in total.